The van der Waals surface area contributed by atoms with E-state index in [1.165, 1.54) is 25.3 Å². The van der Waals surface area contributed by atoms with Crippen LogP contribution in [0.2, 0.25) is 0 Å². The zero-order valence-corrected chi connectivity index (χ0v) is 9.62. The van der Waals surface area contributed by atoms with Crippen LogP contribution >= 0.6 is 0 Å². The van der Waals surface area contributed by atoms with Crippen molar-refractivity contribution < 1.29 is 9.50 Å². The van der Waals surface area contributed by atoms with Crippen molar-refractivity contribution >= 4 is 5.69 Å². The summed E-state index contributed by atoms with van der Waals surface area (Å²) in [5.74, 6) is 0.482. The number of halogens is 1. The van der Waals surface area contributed by atoms with E-state index in [2.05, 4.69) is 0 Å². The lowest BCUT2D eigenvalue weighted by Crippen LogP contribution is -2.29. The average molecular weight is 223 g/mol. The maximum Gasteiger partial charge on any atom is 0.146 e. The van der Waals surface area contributed by atoms with Crippen LogP contribution in [0.5, 0.6) is 0 Å². The molecule has 0 radical (unpaired) electrons. The van der Waals surface area contributed by atoms with Gasteiger partial charge in [0.2, 0.25) is 0 Å². The smallest absolute Gasteiger partial charge is 0.146 e. The lowest BCUT2D eigenvalue weighted by atomic mass is 9.85. The van der Waals surface area contributed by atoms with E-state index < -0.39 is 0 Å². The van der Waals surface area contributed by atoms with Crippen LogP contribution in [0.25, 0.3) is 0 Å². The normalized spacial score (nSPS) is 15.9. The number of hydrogen-bond donors (Lipinski definition) is 1. The van der Waals surface area contributed by atoms with Crippen LogP contribution in [-0.4, -0.2) is 18.7 Å². The molecule has 0 spiro atoms. The van der Waals surface area contributed by atoms with Crippen LogP contribution in [0, 0.1) is 11.7 Å². The Balaban J connectivity index is 2.06. The largest absolute Gasteiger partial charge is 0.392 e. The summed E-state index contributed by atoms with van der Waals surface area (Å²) >= 11 is 0. The molecule has 1 aromatic carbocycles. The highest BCUT2D eigenvalue weighted by molar-refractivity contribution is 5.48. The summed E-state index contributed by atoms with van der Waals surface area (Å²) in [6.07, 6.45) is 3.84. The summed E-state index contributed by atoms with van der Waals surface area (Å²) in [5.41, 5.74) is 1.25. The molecule has 0 aliphatic heterocycles. The molecule has 0 amide bonds. The van der Waals surface area contributed by atoms with Gasteiger partial charge in [0.05, 0.1) is 12.3 Å². The van der Waals surface area contributed by atoms with Crippen molar-refractivity contribution in [3.05, 3.63) is 29.6 Å². The fourth-order valence-corrected chi connectivity index (χ4v) is 2.12. The molecular formula is C13H18FNO. The molecular weight excluding hydrogens is 205 g/mol. The van der Waals surface area contributed by atoms with E-state index >= 15 is 0 Å². The van der Waals surface area contributed by atoms with Crippen molar-refractivity contribution in [1.29, 1.82) is 0 Å². The van der Waals surface area contributed by atoms with Gasteiger partial charge < -0.3 is 10.0 Å². The minimum absolute atomic E-state index is 0.108. The van der Waals surface area contributed by atoms with E-state index in [1.54, 1.807) is 12.1 Å². The first kappa shape index (κ1) is 11.4. The Labute approximate surface area is 95.7 Å². The Morgan fingerprint density at radius 2 is 2.19 bits per heavy atom. The number of nitrogens with zero attached hydrogens (tertiary/aromatic N) is 1. The van der Waals surface area contributed by atoms with E-state index in [1.807, 2.05) is 11.9 Å². The van der Waals surface area contributed by atoms with Crippen molar-refractivity contribution in [1.82, 2.24) is 0 Å². The maximum atomic E-state index is 13.7. The van der Waals surface area contributed by atoms with Gasteiger partial charge in [-0.3, -0.25) is 0 Å². The maximum absolute atomic E-state index is 13.7. The van der Waals surface area contributed by atoms with E-state index in [-0.39, 0.29) is 12.4 Å². The molecule has 1 aliphatic carbocycles. The molecule has 88 valence electrons. The zero-order chi connectivity index (χ0) is 11.5. The predicted molar refractivity (Wildman–Crippen MR) is 62.9 cm³/mol. The molecule has 3 heteroatoms. The van der Waals surface area contributed by atoms with Crippen LogP contribution in [0.4, 0.5) is 10.1 Å². The number of anilines is 1. The topological polar surface area (TPSA) is 23.5 Å². The fourth-order valence-electron chi connectivity index (χ4n) is 2.12. The summed E-state index contributed by atoms with van der Waals surface area (Å²) in [6.45, 7) is 0.818. The van der Waals surface area contributed by atoms with Crippen LogP contribution < -0.4 is 4.90 Å². The van der Waals surface area contributed by atoms with Gasteiger partial charge in [-0.15, -0.1) is 0 Å². The average Bonchev–Trinajstić information content (AvgIpc) is 2.23. The molecule has 0 bridgehead atoms. The number of aliphatic hydroxyl groups is 1. The second-order valence-electron chi connectivity index (χ2n) is 4.62. The first-order chi connectivity index (χ1) is 7.70. The molecule has 1 aromatic rings. The third kappa shape index (κ3) is 2.35. The number of rotatable bonds is 4. The molecule has 0 heterocycles. The molecule has 1 aliphatic rings. The third-order valence-electron chi connectivity index (χ3n) is 3.36. The molecule has 16 heavy (non-hydrogen) atoms. The van der Waals surface area contributed by atoms with Crippen molar-refractivity contribution in [2.24, 2.45) is 5.92 Å². The molecule has 0 unspecified atom stereocenters. The Bertz CT molecular complexity index is 363. The van der Waals surface area contributed by atoms with E-state index in [9.17, 15) is 4.39 Å². The van der Waals surface area contributed by atoms with Crippen molar-refractivity contribution in [2.75, 3.05) is 18.5 Å². The highest BCUT2D eigenvalue weighted by Gasteiger charge is 2.20. The first-order valence-corrected chi connectivity index (χ1v) is 5.81. The van der Waals surface area contributed by atoms with E-state index in [0.29, 0.717) is 11.3 Å². The van der Waals surface area contributed by atoms with Crippen LogP contribution in [0.1, 0.15) is 24.8 Å². The van der Waals surface area contributed by atoms with Gasteiger partial charge in [-0.25, -0.2) is 4.39 Å². The number of hydrogen-bond acceptors (Lipinski definition) is 2. The Kier molecular flexibility index (Phi) is 3.44. The molecule has 2 nitrogen and oxygen atoms in total. The van der Waals surface area contributed by atoms with Crippen molar-refractivity contribution in [2.45, 2.75) is 25.9 Å². The molecule has 1 N–H and O–H groups in total. The number of benzene rings is 1. The van der Waals surface area contributed by atoms with E-state index in [4.69, 9.17) is 5.11 Å². The van der Waals surface area contributed by atoms with Gasteiger partial charge in [0.15, 0.2) is 0 Å². The van der Waals surface area contributed by atoms with Gasteiger partial charge in [-0.05, 0) is 36.5 Å². The lowest BCUT2D eigenvalue weighted by Gasteiger charge is -2.31. The monoisotopic (exact) mass is 223 g/mol. The molecule has 0 saturated heterocycles. The summed E-state index contributed by atoms with van der Waals surface area (Å²) in [5, 5.41) is 8.90. The van der Waals surface area contributed by atoms with Crippen molar-refractivity contribution in [3.8, 4) is 0 Å². The highest BCUT2D eigenvalue weighted by Crippen LogP contribution is 2.29. The van der Waals surface area contributed by atoms with Crippen LogP contribution in [0.15, 0.2) is 18.2 Å². The number of aliphatic hydroxyl groups excluding tert-OH is 1. The lowest BCUT2D eigenvalue weighted by molar-refractivity contribution is 0.281. The Morgan fingerprint density at radius 1 is 1.44 bits per heavy atom. The SMILES string of the molecule is CN(CC1CCC1)c1ccc(CO)cc1F. The predicted octanol–water partition coefficient (Wildman–Crippen LogP) is 2.55. The standard InChI is InChI=1S/C13H18FNO/c1-15(8-10-3-2-4-10)13-6-5-11(9-16)7-12(13)14/h5-7,10,16H,2-4,8-9H2,1H3. The van der Waals surface area contributed by atoms with Crippen LogP contribution in [0.3, 0.4) is 0 Å². The second kappa shape index (κ2) is 4.83. The minimum atomic E-state index is -0.242. The summed E-state index contributed by atoms with van der Waals surface area (Å²) in [7, 11) is 1.93. The quantitative estimate of drug-likeness (QED) is 0.848. The summed E-state index contributed by atoms with van der Waals surface area (Å²) in [4.78, 5) is 1.97. The second-order valence-corrected chi connectivity index (χ2v) is 4.62. The summed E-state index contributed by atoms with van der Waals surface area (Å²) < 4.78 is 13.7. The van der Waals surface area contributed by atoms with Gasteiger partial charge in [-0.2, -0.15) is 0 Å². The van der Waals surface area contributed by atoms with Crippen LogP contribution in [-0.2, 0) is 6.61 Å². The van der Waals surface area contributed by atoms with Gasteiger partial charge in [0.25, 0.3) is 0 Å². The van der Waals surface area contributed by atoms with Crippen molar-refractivity contribution in [3.63, 3.8) is 0 Å². The van der Waals surface area contributed by atoms with Gasteiger partial charge in [0.1, 0.15) is 5.82 Å². The third-order valence-corrected chi connectivity index (χ3v) is 3.36. The first-order valence-electron chi connectivity index (χ1n) is 5.81. The minimum Gasteiger partial charge on any atom is -0.392 e. The molecule has 1 saturated carbocycles. The molecule has 1 fully saturated rings. The fraction of sp³-hybridized carbons (Fsp3) is 0.538. The molecule has 0 aromatic heterocycles. The van der Waals surface area contributed by atoms with Gasteiger partial charge >= 0.3 is 0 Å². The molecule has 0 atom stereocenters. The van der Waals surface area contributed by atoms with Gasteiger partial charge in [0, 0.05) is 13.6 Å². The highest BCUT2D eigenvalue weighted by atomic mass is 19.1. The summed E-state index contributed by atoms with van der Waals surface area (Å²) in [6, 6.07) is 4.93. The Morgan fingerprint density at radius 3 is 2.69 bits per heavy atom. The zero-order valence-electron chi connectivity index (χ0n) is 9.62. The van der Waals surface area contributed by atoms with Gasteiger partial charge in [-0.1, -0.05) is 12.5 Å². The van der Waals surface area contributed by atoms with E-state index in [0.717, 1.165) is 12.5 Å². The molecule has 2 rings (SSSR count). The Hall–Kier alpha value is -1.09.